The van der Waals surface area contributed by atoms with Crippen LogP contribution >= 0.6 is 22.9 Å². The minimum Gasteiger partial charge on any atom is -0.397 e. The monoisotopic (exact) mass is 286 g/mol. The highest BCUT2D eigenvalue weighted by Crippen LogP contribution is 2.34. The highest BCUT2D eigenvalue weighted by Gasteiger charge is 2.14. The molecule has 0 amide bonds. The molecular formula is C11H12ClFN4S. The third-order valence-corrected chi connectivity index (χ3v) is 3.67. The van der Waals surface area contributed by atoms with Crippen LogP contribution in [0.3, 0.4) is 0 Å². The van der Waals surface area contributed by atoms with E-state index in [0.29, 0.717) is 6.54 Å². The number of anilines is 3. The summed E-state index contributed by atoms with van der Waals surface area (Å²) in [5.41, 5.74) is 11.7. The third kappa shape index (κ3) is 2.49. The van der Waals surface area contributed by atoms with Gasteiger partial charge in [-0.15, -0.1) is 11.3 Å². The number of nitrogens with two attached hydrogens (primary N) is 2. The largest absolute Gasteiger partial charge is 0.397 e. The molecule has 0 aliphatic rings. The summed E-state index contributed by atoms with van der Waals surface area (Å²) in [6.07, 6.45) is 1.74. The summed E-state index contributed by atoms with van der Waals surface area (Å²) in [6, 6.07) is 1.44. The van der Waals surface area contributed by atoms with Crippen LogP contribution in [-0.2, 0) is 6.54 Å². The second kappa shape index (κ2) is 4.99. The molecule has 0 saturated heterocycles. The molecule has 4 nitrogen and oxygen atoms in total. The van der Waals surface area contributed by atoms with Gasteiger partial charge in [-0.2, -0.15) is 0 Å². The van der Waals surface area contributed by atoms with Crippen LogP contribution < -0.4 is 16.8 Å². The van der Waals surface area contributed by atoms with E-state index in [9.17, 15) is 4.39 Å². The maximum atomic E-state index is 13.9. The van der Waals surface area contributed by atoms with Gasteiger partial charge in [0.05, 0.1) is 28.6 Å². The zero-order chi connectivity index (χ0) is 13.3. The van der Waals surface area contributed by atoms with Crippen LogP contribution in [0.15, 0.2) is 12.3 Å². The summed E-state index contributed by atoms with van der Waals surface area (Å²) in [5.74, 6) is -0.629. The Hall–Kier alpha value is -1.53. The number of aryl methyl sites for hydroxylation is 1. The minimum absolute atomic E-state index is 0.118. The Morgan fingerprint density at radius 3 is 2.78 bits per heavy atom. The van der Waals surface area contributed by atoms with Crippen LogP contribution in [0, 0.1) is 12.7 Å². The van der Waals surface area contributed by atoms with E-state index >= 15 is 0 Å². The molecule has 0 bridgehead atoms. The number of halogens is 2. The van der Waals surface area contributed by atoms with E-state index in [1.165, 1.54) is 17.4 Å². The van der Waals surface area contributed by atoms with Crippen molar-refractivity contribution in [3.8, 4) is 0 Å². The molecule has 0 fully saturated rings. The lowest BCUT2D eigenvalue weighted by atomic mass is 10.2. The molecule has 2 rings (SSSR count). The molecule has 2 aromatic rings. The molecule has 1 aromatic heterocycles. The van der Waals surface area contributed by atoms with Crippen molar-refractivity contribution in [1.29, 1.82) is 0 Å². The number of nitrogens with zero attached hydrogens (tertiary/aromatic N) is 1. The zero-order valence-electron chi connectivity index (χ0n) is 9.63. The molecule has 0 radical (unpaired) electrons. The first-order valence-corrected chi connectivity index (χ1v) is 6.36. The van der Waals surface area contributed by atoms with Gasteiger partial charge in [0, 0.05) is 11.1 Å². The second-order valence-electron chi connectivity index (χ2n) is 3.76. The summed E-state index contributed by atoms with van der Waals surface area (Å²) in [5, 5.41) is 3.75. The molecule has 0 atom stereocenters. The van der Waals surface area contributed by atoms with E-state index < -0.39 is 5.82 Å². The Balaban J connectivity index is 2.22. The van der Waals surface area contributed by atoms with Gasteiger partial charge in [0.1, 0.15) is 5.02 Å². The average molecular weight is 287 g/mol. The first-order chi connectivity index (χ1) is 8.49. The maximum Gasteiger partial charge on any atom is 0.169 e. The van der Waals surface area contributed by atoms with Crippen molar-refractivity contribution in [2.24, 2.45) is 0 Å². The summed E-state index contributed by atoms with van der Waals surface area (Å²) < 4.78 is 13.9. The van der Waals surface area contributed by atoms with Crippen molar-refractivity contribution in [3.63, 3.8) is 0 Å². The fourth-order valence-corrected chi connectivity index (χ4v) is 2.39. The van der Waals surface area contributed by atoms with Gasteiger partial charge in [-0.25, -0.2) is 9.37 Å². The predicted octanol–water partition coefficient (Wildman–Crippen LogP) is 3.02. The van der Waals surface area contributed by atoms with Crippen LogP contribution in [0.1, 0.15) is 9.88 Å². The van der Waals surface area contributed by atoms with E-state index in [4.69, 9.17) is 23.1 Å². The average Bonchev–Trinajstić information content (AvgIpc) is 2.72. The van der Waals surface area contributed by atoms with E-state index in [2.05, 4.69) is 10.3 Å². The van der Waals surface area contributed by atoms with Crippen LogP contribution in [-0.4, -0.2) is 4.98 Å². The summed E-state index contributed by atoms with van der Waals surface area (Å²) in [6.45, 7) is 2.34. The Morgan fingerprint density at radius 1 is 1.44 bits per heavy atom. The first-order valence-electron chi connectivity index (χ1n) is 5.17. The van der Waals surface area contributed by atoms with Crippen LogP contribution in [0.25, 0.3) is 0 Å². The van der Waals surface area contributed by atoms with Gasteiger partial charge in [0.2, 0.25) is 0 Å². The van der Waals surface area contributed by atoms with Crippen LogP contribution in [0.5, 0.6) is 0 Å². The van der Waals surface area contributed by atoms with Gasteiger partial charge in [0.25, 0.3) is 0 Å². The van der Waals surface area contributed by atoms with E-state index in [1.807, 2.05) is 6.92 Å². The fraction of sp³-hybridized carbons (Fsp3) is 0.182. The highest BCUT2D eigenvalue weighted by atomic mass is 35.5. The Bertz CT molecular complexity index is 585. The molecule has 96 valence electrons. The predicted molar refractivity (Wildman–Crippen MR) is 74.4 cm³/mol. The molecule has 7 heteroatoms. The number of hydrogen-bond acceptors (Lipinski definition) is 5. The van der Waals surface area contributed by atoms with Crippen molar-refractivity contribution in [1.82, 2.24) is 4.98 Å². The van der Waals surface area contributed by atoms with Crippen molar-refractivity contribution in [2.75, 3.05) is 16.8 Å². The standard InChI is InChI=1S/C11H12ClFN4S/c1-5-16-3-6(18-5)4-17-11-8(15)2-7(14)9(12)10(11)13/h2-3,17H,4,14-15H2,1H3. The van der Waals surface area contributed by atoms with E-state index in [1.54, 1.807) is 6.20 Å². The Morgan fingerprint density at radius 2 is 2.17 bits per heavy atom. The van der Waals surface area contributed by atoms with Gasteiger partial charge in [-0.1, -0.05) is 11.6 Å². The number of nitrogens with one attached hydrogen (secondary N) is 1. The molecule has 0 saturated carbocycles. The zero-order valence-corrected chi connectivity index (χ0v) is 11.2. The molecule has 18 heavy (non-hydrogen) atoms. The van der Waals surface area contributed by atoms with Gasteiger partial charge >= 0.3 is 0 Å². The molecule has 0 aliphatic heterocycles. The summed E-state index contributed by atoms with van der Waals surface area (Å²) >= 11 is 7.27. The molecule has 0 spiro atoms. The topological polar surface area (TPSA) is 77.0 Å². The molecule has 0 unspecified atom stereocenters. The lowest BCUT2D eigenvalue weighted by Gasteiger charge is -2.12. The summed E-state index contributed by atoms with van der Waals surface area (Å²) in [7, 11) is 0. The number of benzene rings is 1. The minimum atomic E-state index is -0.629. The number of rotatable bonds is 3. The number of hydrogen-bond donors (Lipinski definition) is 3. The van der Waals surface area contributed by atoms with E-state index in [-0.39, 0.29) is 22.1 Å². The van der Waals surface area contributed by atoms with Crippen molar-refractivity contribution >= 4 is 40.0 Å². The third-order valence-electron chi connectivity index (χ3n) is 2.37. The number of nitrogen functional groups attached to an aromatic ring is 2. The molecule has 0 aliphatic carbocycles. The van der Waals surface area contributed by atoms with Crippen LogP contribution in [0.2, 0.25) is 5.02 Å². The smallest absolute Gasteiger partial charge is 0.169 e. The molecule has 5 N–H and O–H groups in total. The Kier molecular flexibility index (Phi) is 3.58. The van der Waals surface area contributed by atoms with E-state index in [0.717, 1.165) is 9.88 Å². The van der Waals surface area contributed by atoms with Crippen molar-refractivity contribution < 1.29 is 4.39 Å². The molecular weight excluding hydrogens is 275 g/mol. The van der Waals surface area contributed by atoms with Crippen molar-refractivity contribution in [2.45, 2.75) is 13.5 Å². The molecule has 1 aromatic carbocycles. The maximum absolute atomic E-state index is 13.9. The first kappa shape index (κ1) is 12.9. The quantitative estimate of drug-likeness (QED) is 0.758. The number of aromatic nitrogens is 1. The van der Waals surface area contributed by atoms with Gasteiger partial charge in [-0.05, 0) is 13.0 Å². The van der Waals surface area contributed by atoms with Crippen molar-refractivity contribution in [3.05, 3.63) is 33.0 Å². The van der Waals surface area contributed by atoms with Crippen LogP contribution in [0.4, 0.5) is 21.5 Å². The van der Waals surface area contributed by atoms with Gasteiger partial charge in [-0.3, -0.25) is 0 Å². The van der Waals surface area contributed by atoms with Gasteiger partial charge < -0.3 is 16.8 Å². The lowest BCUT2D eigenvalue weighted by molar-refractivity contribution is 0.632. The lowest BCUT2D eigenvalue weighted by Crippen LogP contribution is -2.05. The highest BCUT2D eigenvalue weighted by molar-refractivity contribution is 7.11. The second-order valence-corrected chi connectivity index (χ2v) is 5.45. The SMILES string of the molecule is Cc1ncc(CNc2c(N)cc(N)c(Cl)c2F)s1. The molecule has 1 heterocycles. The normalized spacial score (nSPS) is 10.6. The summed E-state index contributed by atoms with van der Waals surface area (Å²) in [4.78, 5) is 5.10. The Labute approximate surface area is 113 Å². The fourth-order valence-electron chi connectivity index (χ4n) is 1.51. The van der Waals surface area contributed by atoms with Gasteiger partial charge in [0.15, 0.2) is 5.82 Å². The number of thiazole rings is 1.